The highest BCUT2D eigenvalue weighted by atomic mass is 32.2. The number of sulfonamides is 1. The van der Waals surface area contributed by atoms with Crippen molar-refractivity contribution < 1.29 is 22.0 Å². The molecule has 1 rings (SSSR count). The van der Waals surface area contributed by atoms with E-state index < -0.39 is 44.5 Å². The topological polar surface area (TPSA) is 66.5 Å². The van der Waals surface area contributed by atoms with Gasteiger partial charge in [-0.3, -0.25) is 4.79 Å². The number of rotatable bonds is 5. The molecular formula is C14H20F2N2O3S. The van der Waals surface area contributed by atoms with Crippen LogP contribution in [-0.4, -0.2) is 37.3 Å². The summed E-state index contributed by atoms with van der Waals surface area (Å²) < 4.78 is 52.2. The van der Waals surface area contributed by atoms with Crippen molar-refractivity contribution in [2.24, 2.45) is 0 Å². The van der Waals surface area contributed by atoms with E-state index in [4.69, 9.17) is 0 Å². The summed E-state index contributed by atoms with van der Waals surface area (Å²) in [7, 11) is -4.22. The molecule has 22 heavy (non-hydrogen) atoms. The fourth-order valence-corrected chi connectivity index (χ4v) is 3.26. The molecule has 0 aliphatic carbocycles. The van der Waals surface area contributed by atoms with Gasteiger partial charge in [0.2, 0.25) is 15.9 Å². The number of carbonyl (C=O) groups is 1. The van der Waals surface area contributed by atoms with Crippen LogP contribution in [0, 0.1) is 11.6 Å². The van der Waals surface area contributed by atoms with Crippen LogP contribution >= 0.6 is 0 Å². The summed E-state index contributed by atoms with van der Waals surface area (Å²) in [6.45, 7) is 6.35. The summed E-state index contributed by atoms with van der Waals surface area (Å²) in [5, 5.41) is 2.63. The number of carbonyl (C=O) groups excluding carboxylic acids is 1. The van der Waals surface area contributed by atoms with Crippen molar-refractivity contribution in [2.45, 2.75) is 38.1 Å². The number of amides is 1. The van der Waals surface area contributed by atoms with Crippen LogP contribution in [0.4, 0.5) is 8.78 Å². The lowest BCUT2D eigenvalue weighted by Crippen LogP contribution is -2.47. The molecule has 1 N–H and O–H groups in total. The van der Waals surface area contributed by atoms with Gasteiger partial charge in [-0.25, -0.2) is 17.2 Å². The fraction of sp³-hybridized carbons (Fsp3) is 0.500. The number of hydrogen-bond donors (Lipinski definition) is 1. The number of benzene rings is 1. The molecular weight excluding hydrogens is 314 g/mol. The largest absolute Gasteiger partial charge is 0.350 e. The SMILES string of the molecule is CCN(CC(=O)NC(C)(C)C)S(=O)(=O)c1ccc(F)cc1F. The number of halogens is 2. The van der Waals surface area contributed by atoms with Crippen molar-refractivity contribution in [3.8, 4) is 0 Å². The Morgan fingerprint density at radius 1 is 1.27 bits per heavy atom. The van der Waals surface area contributed by atoms with Crippen LogP contribution in [0.1, 0.15) is 27.7 Å². The first-order chi connectivity index (χ1) is 9.97. The molecule has 0 heterocycles. The predicted molar refractivity (Wildman–Crippen MR) is 78.7 cm³/mol. The first-order valence-electron chi connectivity index (χ1n) is 6.73. The van der Waals surface area contributed by atoms with E-state index in [1.807, 2.05) is 0 Å². The van der Waals surface area contributed by atoms with E-state index in [2.05, 4.69) is 5.32 Å². The minimum absolute atomic E-state index is 0.0172. The Morgan fingerprint density at radius 3 is 2.32 bits per heavy atom. The highest BCUT2D eigenvalue weighted by molar-refractivity contribution is 7.89. The van der Waals surface area contributed by atoms with Gasteiger partial charge in [0.25, 0.3) is 0 Å². The van der Waals surface area contributed by atoms with Crippen LogP contribution in [0.15, 0.2) is 23.1 Å². The van der Waals surface area contributed by atoms with Crippen molar-refractivity contribution in [3.05, 3.63) is 29.8 Å². The van der Waals surface area contributed by atoms with E-state index in [0.29, 0.717) is 6.07 Å². The minimum atomic E-state index is -4.22. The summed E-state index contributed by atoms with van der Waals surface area (Å²) in [4.78, 5) is 11.2. The summed E-state index contributed by atoms with van der Waals surface area (Å²) in [5.41, 5.74) is -0.513. The molecule has 0 atom stereocenters. The monoisotopic (exact) mass is 334 g/mol. The van der Waals surface area contributed by atoms with Crippen LogP contribution in [-0.2, 0) is 14.8 Å². The molecule has 8 heteroatoms. The quantitative estimate of drug-likeness (QED) is 0.894. The highest BCUT2D eigenvalue weighted by Crippen LogP contribution is 2.20. The number of nitrogens with one attached hydrogen (secondary N) is 1. The van der Waals surface area contributed by atoms with Crippen LogP contribution < -0.4 is 5.32 Å². The Kier molecular flexibility index (Phi) is 5.64. The molecule has 0 saturated heterocycles. The molecule has 0 saturated carbocycles. The van der Waals surface area contributed by atoms with Crippen molar-refractivity contribution in [1.82, 2.24) is 9.62 Å². The Morgan fingerprint density at radius 2 is 1.86 bits per heavy atom. The highest BCUT2D eigenvalue weighted by Gasteiger charge is 2.29. The van der Waals surface area contributed by atoms with Crippen LogP contribution in [0.25, 0.3) is 0 Å². The van der Waals surface area contributed by atoms with Crippen LogP contribution in [0.2, 0.25) is 0 Å². The molecule has 0 radical (unpaired) electrons. The fourth-order valence-electron chi connectivity index (χ4n) is 1.81. The maximum Gasteiger partial charge on any atom is 0.246 e. The first kappa shape index (κ1) is 18.5. The van der Waals surface area contributed by atoms with E-state index in [-0.39, 0.29) is 6.54 Å². The van der Waals surface area contributed by atoms with Gasteiger partial charge in [-0.15, -0.1) is 0 Å². The lowest BCUT2D eigenvalue weighted by molar-refractivity contribution is -0.122. The minimum Gasteiger partial charge on any atom is -0.350 e. The summed E-state index contributed by atoms with van der Waals surface area (Å²) in [6.07, 6.45) is 0. The van der Waals surface area contributed by atoms with E-state index >= 15 is 0 Å². The van der Waals surface area contributed by atoms with Gasteiger partial charge in [0.1, 0.15) is 16.5 Å². The number of nitrogens with zero attached hydrogens (tertiary/aromatic N) is 1. The lowest BCUT2D eigenvalue weighted by Gasteiger charge is -2.24. The molecule has 0 fully saturated rings. The van der Waals surface area contributed by atoms with E-state index in [1.54, 1.807) is 20.8 Å². The zero-order valence-corrected chi connectivity index (χ0v) is 13.8. The average Bonchev–Trinajstić information content (AvgIpc) is 2.32. The second kappa shape index (κ2) is 6.70. The molecule has 1 aromatic rings. The average molecular weight is 334 g/mol. The van der Waals surface area contributed by atoms with E-state index in [0.717, 1.165) is 16.4 Å². The summed E-state index contributed by atoms with van der Waals surface area (Å²) >= 11 is 0. The molecule has 0 aromatic heterocycles. The van der Waals surface area contributed by atoms with Gasteiger partial charge in [-0.1, -0.05) is 6.92 Å². The molecule has 1 aromatic carbocycles. The first-order valence-corrected chi connectivity index (χ1v) is 8.17. The van der Waals surface area contributed by atoms with Gasteiger partial charge < -0.3 is 5.32 Å². The van der Waals surface area contributed by atoms with E-state index in [9.17, 15) is 22.0 Å². The third-order valence-electron chi connectivity index (χ3n) is 2.70. The molecule has 0 spiro atoms. The van der Waals surface area contributed by atoms with Gasteiger partial charge in [0, 0.05) is 18.2 Å². The van der Waals surface area contributed by atoms with Crippen molar-refractivity contribution in [2.75, 3.05) is 13.1 Å². The summed E-state index contributed by atoms with van der Waals surface area (Å²) in [5.74, 6) is -2.56. The second-order valence-electron chi connectivity index (χ2n) is 5.80. The third-order valence-corrected chi connectivity index (χ3v) is 4.65. The molecule has 0 aliphatic heterocycles. The zero-order chi connectivity index (χ0) is 17.1. The smallest absolute Gasteiger partial charge is 0.246 e. The summed E-state index contributed by atoms with van der Waals surface area (Å²) in [6, 6.07) is 2.21. The molecule has 124 valence electrons. The standard InChI is InChI=1S/C14H20F2N2O3S/c1-5-18(9-13(19)17-14(2,3)4)22(20,21)12-7-6-10(15)8-11(12)16/h6-8H,5,9H2,1-4H3,(H,17,19). The van der Waals surface area contributed by atoms with Crippen LogP contribution in [0.3, 0.4) is 0 Å². The molecule has 0 unspecified atom stereocenters. The Labute approximate surface area is 129 Å². The van der Waals surface area contributed by atoms with Crippen molar-refractivity contribution >= 4 is 15.9 Å². The maximum atomic E-state index is 13.7. The third kappa shape index (κ3) is 4.74. The van der Waals surface area contributed by atoms with Gasteiger partial charge in [0.15, 0.2) is 0 Å². The Balaban J connectivity index is 3.05. The normalized spacial score (nSPS) is 12.5. The maximum absolute atomic E-state index is 13.7. The number of likely N-dealkylation sites (N-methyl/N-ethyl adjacent to an activating group) is 1. The Bertz CT molecular complexity index is 655. The molecule has 0 aliphatic rings. The van der Waals surface area contributed by atoms with Gasteiger partial charge in [-0.2, -0.15) is 4.31 Å². The molecule has 0 bridgehead atoms. The predicted octanol–water partition coefficient (Wildman–Crippen LogP) is 1.89. The number of hydrogen-bond acceptors (Lipinski definition) is 3. The van der Waals surface area contributed by atoms with Gasteiger partial charge in [-0.05, 0) is 32.9 Å². The zero-order valence-electron chi connectivity index (χ0n) is 13.0. The molecule has 5 nitrogen and oxygen atoms in total. The van der Waals surface area contributed by atoms with E-state index in [1.165, 1.54) is 6.92 Å². The van der Waals surface area contributed by atoms with Crippen LogP contribution in [0.5, 0.6) is 0 Å². The van der Waals surface area contributed by atoms with Gasteiger partial charge >= 0.3 is 0 Å². The van der Waals surface area contributed by atoms with Crippen molar-refractivity contribution in [3.63, 3.8) is 0 Å². The lowest BCUT2D eigenvalue weighted by atomic mass is 10.1. The molecule has 1 amide bonds. The Hall–Kier alpha value is -1.54. The van der Waals surface area contributed by atoms with Crippen molar-refractivity contribution in [1.29, 1.82) is 0 Å². The second-order valence-corrected chi connectivity index (χ2v) is 7.71. The van der Waals surface area contributed by atoms with Gasteiger partial charge in [0.05, 0.1) is 6.54 Å².